The maximum Gasteiger partial charge on any atom is 0.196 e. The molecule has 0 bridgehead atoms. The van der Waals surface area contributed by atoms with Crippen LogP contribution in [0, 0.1) is 5.92 Å². The minimum atomic E-state index is -0.959. The lowest BCUT2D eigenvalue weighted by Gasteiger charge is -2.28. The highest BCUT2D eigenvalue weighted by molar-refractivity contribution is 5.40. The van der Waals surface area contributed by atoms with Gasteiger partial charge in [0.15, 0.2) is 11.7 Å². The molecule has 0 aliphatic carbocycles. The minimum absolute atomic E-state index is 0.0703. The van der Waals surface area contributed by atoms with Crippen molar-refractivity contribution in [3.8, 4) is 0 Å². The molecular formula is C26H46F2O3. The fourth-order valence-electron chi connectivity index (χ4n) is 2.91. The second-order valence-electron chi connectivity index (χ2n) is 6.97. The van der Waals surface area contributed by atoms with Gasteiger partial charge < -0.3 is 14.2 Å². The maximum absolute atomic E-state index is 14.4. The van der Waals surface area contributed by atoms with Gasteiger partial charge in [-0.15, -0.1) is 0 Å². The van der Waals surface area contributed by atoms with Crippen LogP contribution in [0.25, 0.3) is 0 Å². The Hall–Kier alpha value is -1.62. The molecule has 0 aromatic heterocycles. The van der Waals surface area contributed by atoms with E-state index >= 15 is 0 Å². The van der Waals surface area contributed by atoms with Gasteiger partial charge in [0, 0.05) is 6.61 Å². The summed E-state index contributed by atoms with van der Waals surface area (Å²) in [5.41, 5.74) is 0.964. The third-order valence-electron chi connectivity index (χ3n) is 5.01. The van der Waals surface area contributed by atoms with Gasteiger partial charge in [-0.2, -0.15) is 0 Å². The summed E-state index contributed by atoms with van der Waals surface area (Å²) >= 11 is 0. The zero-order chi connectivity index (χ0) is 24.4. The van der Waals surface area contributed by atoms with E-state index in [2.05, 4.69) is 6.92 Å². The summed E-state index contributed by atoms with van der Waals surface area (Å²) in [6, 6.07) is 0. The highest BCUT2D eigenvalue weighted by Crippen LogP contribution is 2.28. The Morgan fingerprint density at radius 1 is 0.968 bits per heavy atom. The molecule has 31 heavy (non-hydrogen) atoms. The lowest BCUT2D eigenvalue weighted by molar-refractivity contribution is -0.0495. The third-order valence-corrected chi connectivity index (χ3v) is 5.01. The number of ether oxygens (including phenoxy) is 3. The average molecular weight is 445 g/mol. The highest BCUT2D eigenvalue weighted by Gasteiger charge is 2.20. The minimum Gasteiger partial charge on any atom is -0.498 e. The maximum atomic E-state index is 14.4. The molecule has 182 valence electrons. The Balaban J connectivity index is 0. The SMILES string of the molecule is CC.CC.CCC(=C(F)\C(F)=C(/C)OC)/C(C)=C/C=C(\C)OCC1CCC(CC)CO1. The van der Waals surface area contributed by atoms with Gasteiger partial charge in [0.1, 0.15) is 12.4 Å². The predicted molar refractivity (Wildman–Crippen MR) is 128 cm³/mol. The summed E-state index contributed by atoms with van der Waals surface area (Å²) in [5.74, 6) is -0.527. The average Bonchev–Trinajstić information content (AvgIpc) is 2.83. The van der Waals surface area contributed by atoms with Crippen molar-refractivity contribution < 1.29 is 23.0 Å². The number of halogens is 2. The molecule has 1 aliphatic heterocycles. The first-order chi connectivity index (χ1) is 14.8. The fraction of sp³-hybridized carbons (Fsp3) is 0.692. The van der Waals surface area contributed by atoms with Crippen molar-refractivity contribution in [2.45, 2.75) is 94.1 Å². The molecule has 2 unspecified atom stereocenters. The molecule has 0 amide bonds. The van der Waals surface area contributed by atoms with Crippen LogP contribution in [0.1, 0.15) is 88.0 Å². The van der Waals surface area contributed by atoms with Gasteiger partial charge >= 0.3 is 0 Å². The van der Waals surface area contributed by atoms with Gasteiger partial charge in [-0.05, 0) is 63.2 Å². The van der Waals surface area contributed by atoms with Crippen molar-refractivity contribution >= 4 is 0 Å². The van der Waals surface area contributed by atoms with Crippen LogP contribution < -0.4 is 0 Å². The van der Waals surface area contributed by atoms with E-state index in [1.165, 1.54) is 20.5 Å². The molecule has 0 saturated carbocycles. The number of allylic oxidation sites excluding steroid dienone is 8. The molecule has 2 atom stereocenters. The van der Waals surface area contributed by atoms with Crippen molar-refractivity contribution in [1.29, 1.82) is 0 Å². The second-order valence-corrected chi connectivity index (χ2v) is 6.97. The lowest BCUT2D eigenvalue weighted by atomic mass is 9.96. The van der Waals surface area contributed by atoms with E-state index in [1.807, 2.05) is 34.6 Å². The number of methoxy groups -OCH3 is 1. The number of hydrogen-bond donors (Lipinski definition) is 0. The van der Waals surface area contributed by atoms with Crippen molar-refractivity contribution in [3.63, 3.8) is 0 Å². The first-order valence-electron chi connectivity index (χ1n) is 11.7. The molecule has 0 spiro atoms. The van der Waals surface area contributed by atoms with Crippen LogP contribution in [-0.4, -0.2) is 26.4 Å². The van der Waals surface area contributed by atoms with Crippen LogP contribution in [0.2, 0.25) is 0 Å². The van der Waals surface area contributed by atoms with Gasteiger partial charge in [0.2, 0.25) is 0 Å². The van der Waals surface area contributed by atoms with Crippen LogP contribution in [-0.2, 0) is 14.2 Å². The van der Waals surface area contributed by atoms with Gasteiger partial charge in [0.05, 0.1) is 19.0 Å². The normalized spacial score (nSPS) is 20.9. The molecule has 0 radical (unpaired) electrons. The first kappa shape index (κ1) is 31.6. The summed E-state index contributed by atoms with van der Waals surface area (Å²) in [4.78, 5) is 0. The molecule has 1 aliphatic rings. The molecular weight excluding hydrogens is 398 g/mol. The van der Waals surface area contributed by atoms with E-state index in [9.17, 15) is 8.78 Å². The Morgan fingerprint density at radius 3 is 2.03 bits per heavy atom. The van der Waals surface area contributed by atoms with Crippen LogP contribution in [0.3, 0.4) is 0 Å². The highest BCUT2D eigenvalue weighted by atomic mass is 19.2. The van der Waals surface area contributed by atoms with Gasteiger partial charge in [0.25, 0.3) is 0 Å². The van der Waals surface area contributed by atoms with E-state index in [1.54, 1.807) is 26.0 Å². The summed E-state index contributed by atoms with van der Waals surface area (Å²) in [5, 5.41) is 0. The summed E-state index contributed by atoms with van der Waals surface area (Å²) in [6.07, 6.45) is 7.37. The fourth-order valence-corrected chi connectivity index (χ4v) is 2.91. The summed E-state index contributed by atoms with van der Waals surface area (Å²) < 4.78 is 44.7. The van der Waals surface area contributed by atoms with E-state index in [0.29, 0.717) is 30.1 Å². The molecule has 1 rings (SSSR count). The Bertz CT molecular complexity index is 596. The lowest BCUT2D eigenvalue weighted by Crippen LogP contribution is -2.29. The first-order valence-corrected chi connectivity index (χ1v) is 11.7. The van der Waals surface area contributed by atoms with E-state index < -0.39 is 11.7 Å². The van der Waals surface area contributed by atoms with Crippen molar-refractivity contribution in [1.82, 2.24) is 0 Å². The van der Waals surface area contributed by atoms with Crippen LogP contribution >= 0.6 is 0 Å². The van der Waals surface area contributed by atoms with Crippen molar-refractivity contribution in [2.75, 3.05) is 20.3 Å². The summed E-state index contributed by atoms with van der Waals surface area (Å²) in [7, 11) is 1.32. The smallest absolute Gasteiger partial charge is 0.196 e. The number of rotatable bonds is 9. The quantitative estimate of drug-likeness (QED) is 0.263. The van der Waals surface area contributed by atoms with Crippen molar-refractivity contribution in [3.05, 3.63) is 46.5 Å². The van der Waals surface area contributed by atoms with Crippen LogP contribution in [0.15, 0.2) is 46.5 Å². The standard InChI is InChI=1S/C22H34F2O3.2C2H6/c1-7-18-11-12-19(27-13-18)14-26-16(4)10-9-15(3)20(8-2)22(24)21(23)17(5)25-6;2*1-2/h9-10,18-19H,7-8,11-14H2,1-6H3;2*1-2H3/b15-9+,16-10+,21-17-,22-20-;;. The zero-order valence-electron chi connectivity index (χ0n) is 21.5. The van der Waals surface area contributed by atoms with Gasteiger partial charge in [-0.3, -0.25) is 0 Å². The van der Waals surface area contributed by atoms with E-state index in [-0.39, 0.29) is 11.9 Å². The third kappa shape index (κ3) is 12.1. The monoisotopic (exact) mass is 444 g/mol. The van der Waals surface area contributed by atoms with E-state index in [0.717, 1.165) is 25.2 Å². The molecule has 1 heterocycles. The molecule has 0 aromatic carbocycles. The van der Waals surface area contributed by atoms with Gasteiger partial charge in [-0.25, -0.2) is 8.78 Å². The number of hydrogen-bond acceptors (Lipinski definition) is 3. The van der Waals surface area contributed by atoms with Crippen LogP contribution in [0.4, 0.5) is 8.78 Å². The van der Waals surface area contributed by atoms with Gasteiger partial charge in [-0.1, -0.05) is 54.0 Å². The van der Waals surface area contributed by atoms with Crippen molar-refractivity contribution in [2.24, 2.45) is 5.92 Å². The topological polar surface area (TPSA) is 27.7 Å². The van der Waals surface area contributed by atoms with E-state index in [4.69, 9.17) is 14.2 Å². The van der Waals surface area contributed by atoms with Crippen LogP contribution in [0.5, 0.6) is 0 Å². The largest absolute Gasteiger partial charge is 0.498 e. The molecule has 1 fully saturated rings. The Morgan fingerprint density at radius 2 is 1.58 bits per heavy atom. The molecule has 0 aromatic rings. The zero-order valence-corrected chi connectivity index (χ0v) is 21.5. The predicted octanol–water partition coefficient (Wildman–Crippen LogP) is 8.59. The molecule has 1 saturated heterocycles. The Kier molecular flexibility index (Phi) is 19.4. The second kappa shape index (κ2) is 19.1. The molecule has 0 N–H and O–H groups in total. The summed E-state index contributed by atoms with van der Waals surface area (Å²) in [6.45, 7) is 18.3. The Labute approximate surface area is 190 Å². The molecule has 5 heteroatoms. The molecule has 3 nitrogen and oxygen atoms in total.